The Balaban J connectivity index is 1.36. The summed E-state index contributed by atoms with van der Waals surface area (Å²) in [6.07, 6.45) is 2.47. The normalized spacial score (nSPS) is 17.7. The molecule has 6 nitrogen and oxygen atoms in total. The van der Waals surface area contributed by atoms with Gasteiger partial charge in [0.25, 0.3) is 5.91 Å². The number of amides is 1. The Kier molecular flexibility index (Phi) is 5.06. The number of nitrogens with zero attached hydrogens (tertiary/aromatic N) is 5. The van der Waals surface area contributed by atoms with Gasteiger partial charge >= 0.3 is 0 Å². The van der Waals surface area contributed by atoms with E-state index < -0.39 is 0 Å². The van der Waals surface area contributed by atoms with Gasteiger partial charge in [-0.05, 0) is 43.2 Å². The van der Waals surface area contributed by atoms with Crippen LogP contribution in [0.5, 0.6) is 0 Å². The molecule has 0 spiro atoms. The number of hydrogen-bond acceptors (Lipinski definition) is 5. The molecule has 26 heavy (non-hydrogen) atoms. The van der Waals surface area contributed by atoms with E-state index in [0.717, 1.165) is 47.9 Å². The van der Waals surface area contributed by atoms with Gasteiger partial charge in [0.05, 0.1) is 0 Å². The van der Waals surface area contributed by atoms with Crippen LogP contribution in [0.3, 0.4) is 0 Å². The second-order valence-electron chi connectivity index (χ2n) is 6.73. The van der Waals surface area contributed by atoms with Crippen molar-refractivity contribution >= 4 is 33.5 Å². The highest BCUT2D eigenvalue weighted by Gasteiger charge is 2.23. The molecule has 0 aliphatic carbocycles. The molecule has 2 aromatic rings. The fourth-order valence-corrected chi connectivity index (χ4v) is 3.94. The third-order valence-electron chi connectivity index (χ3n) is 5.03. The fourth-order valence-electron chi connectivity index (χ4n) is 3.54. The zero-order chi connectivity index (χ0) is 17.9. The van der Waals surface area contributed by atoms with Gasteiger partial charge in [0.15, 0.2) is 11.6 Å². The number of rotatable bonds is 3. The summed E-state index contributed by atoms with van der Waals surface area (Å²) in [4.78, 5) is 19.0. The van der Waals surface area contributed by atoms with Crippen molar-refractivity contribution in [3.8, 4) is 0 Å². The average Bonchev–Trinajstić information content (AvgIpc) is 3.23. The van der Waals surface area contributed by atoms with Crippen molar-refractivity contribution in [2.45, 2.75) is 12.8 Å². The zero-order valence-corrected chi connectivity index (χ0v) is 16.2. The predicted octanol–water partition coefficient (Wildman–Crippen LogP) is 2.80. The Labute approximate surface area is 161 Å². The zero-order valence-electron chi connectivity index (χ0n) is 14.6. The van der Waals surface area contributed by atoms with Crippen LogP contribution in [0, 0.1) is 0 Å². The van der Waals surface area contributed by atoms with Gasteiger partial charge < -0.3 is 14.7 Å². The largest absolute Gasteiger partial charge is 0.355 e. The van der Waals surface area contributed by atoms with Gasteiger partial charge in [-0.25, -0.2) is 0 Å². The highest BCUT2D eigenvalue weighted by Crippen LogP contribution is 2.20. The average molecular weight is 416 g/mol. The first kappa shape index (κ1) is 17.3. The van der Waals surface area contributed by atoms with Crippen molar-refractivity contribution in [3.63, 3.8) is 0 Å². The lowest BCUT2D eigenvalue weighted by Crippen LogP contribution is -2.49. The number of halogens is 1. The lowest BCUT2D eigenvalue weighted by Gasteiger charge is -2.35. The Bertz CT molecular complexity index is 768. The maximum Gasteiger partial charge on any atom is 0.254 e. The molecule has 2 aliphatic heterocycles. The summed E-state index contributed by atoms with van der Waals surface area (Å²) in [5.74, 6) is 1.94. The Morgan fingerprint density at radius 3 is 2.04 bits per heavy atom. The summed E-state index contributed by atoms with van der Waals surface area (Å²) in [6.45, 7) is 5.09. The van der Waals surface area contributed by atoms with E-state index in [-0.39, 0.29) is 5.91 Å². The van der Waals surface area contributed by atoms with E-state index in [9.17, 15) is 4.79 Å². The summed E-state index contributed by atoms with van der Waals surface area (Å²) in [7, 11) is 0. The molecular formula is C19H22BrN5O. The van der Waals surface area contributed by atoms with Crippen LogP contribution in [0.1, 0.15) is 23.2 Å². The molecule has 2 fully saturated rings. The van der Waals surface area contributed by atoms with Crippen molar-refractivity contribution in [2.24, 2.45) is 0 Å². The second kappa shape index (κ2) is 7.61. The summed E-state index contributed by atoms with van der Waals surface area (Å²) < 4.78 is 0.926. The van der Waals surface area contributed by atoms with Gasteiger partial charge in [-0.2, -0.15) is 0 Å². The van der Waals surface area contributed by atoms with Crippen LogP contribution in [0.2, 0.25) is 0 Å². The quantitative estimate of drug-likeness (QED) is 0.771. The van der Waals surface area contributed by atoms with Gasteiger partial charge in [-0.15, -0.1) is 10.2 Å². The van der Waals surface area contributed by atoms with Gasteiger partial charge in [0.2, 0.25) is 0 Å². The van der Waals surface area contributed by atoms with Crippen LogP contribution in [-0.2, 0) is 0 Å². The number of anilines is 2. The minimum absolute atomic E-state index is 0.0846. The molecule has 0 radical (unpaired) electrons. The first-order valence-electron chi connectivity index (χ1n) is 9.09. The van der Waals surface area contributed by atoms with Crippen LogP contribution < -0.4 is 9.80 Å². The van der Waals surface area contributed by atoms with Gasteiger partial charge in [0.1, 0.15) is 0 Å². The molecule has 136 valence electrons. The number of piperazine rings is 1. The minimum atomic E-state index is 0.0846. The van der Waals surface area contributed by atoms with Crippen LogP contribution in [0.15, 0.2) is 40.9 Å². The monoisotopic (exact) mass is 415 g/mol. The third kappa shape index (κ3) is 3.67. The van der Waals surface area contributed by atoms with Crippen molar-refractivity contribution < 1.29 is 4.79 Å². The molecule has 0 unspecified atom stereocenters. The third-order valence-corrected chi connectivity index (χ3v) is 5.52. The maximum atomic E-state index is 12.6. The van der Waals surface area contributed by atoms with Gasteiger partial charge in [0, 0.05) is 49.3 Å². The van der Waals surface area contributed by atoms with Crippen LogP contribution in [-0.4, -0.2) is 60.3 Å². The minimum Gasteiger partial charge on any atom is -0.355 e. The second-order valence-corrected chi connectivity index (χ2v) is 7.65. The topological polar surface area (TPSA) is 52.6 Å². The van der Waals surface area contributed by atoms with E-state index in [1.165, 1.54) is 12.8 Å². The molecule has 1 aromatic heterocycles. The molecule has 1 aromatic carbocycles. The van der Waals surface area contributed by atoms with Crippen LogP contribution in [0.25, 0.3) is 0 Å². The van der Waals surface area contributed by atoms with E-state index in [2.05, 4.69) is 42.0 Å². The number of hydrogen-bond donors (Lipinski definition) is 0. The molecule has 3 heterocycles. The Morgan fingerprint density at radius 2 is 1.46 bits per heavy atom. The number of aromatic nitrogens is 2. The van der Waals surface area contributed by atoms with Crippen molar-refractivity contribution in [2.75, 3.05) is 49.1 Å². The van der Waals surface area contributed by atoms with Crippen LogP contribution in [0.4, 0.5) is 11.6 Å². The fraction of sp³-hybridized carbons (Fsp3) is 0.421. The van der Waals surface area contributed by atoms with Gasteiger partial charge in [-0.3, -0.25) is 4.79 Å². The lowest BCUT2D eigenvalue weighted by atomic mass is 10.2. The van der Waals surface area contributed by atoms with E-state index >= 15 is 0 Å². The van der Waals surface area contributed by atoms with Crippen molar-refractivity contribution in [3.05, 3.63) is 46.4 Å². The lowest BCUT2D eigenvalue weighted by molar-refractivity contribution is 0.0746. The van der Waals surface area contributed by atoms with Gasteiger partial charge in [-0.1, -0.05) is 22.0 Å². The molecule has 4 rings (SSSR count). The molecule has 0 N–H and O–H groups in total. The summed E-state index contributed by atoms with van der Waals surface area (Å²) in [5.41, 5.74) is 0.725. The standard InChI is InChI=1S/C19H22BrN5O/c20-16-5-3-4-15(14-16)19(26)25-12-10-24(11-13-25)18-7-6-17(21-22-18)23-8-1-2-9-23/h3-7,14H,1-2,8-13H2. The predicted molar refractivity (Wildman–Crippen MR) is 106 cm³/mol. The van der Waals surface area contributed by atoms with E-state index in [0.29, 0.717) is 13.1 Å². The van der Waals surface area contributed by atoms with E-state index in [1.54, 1.807) is 0 Å². The highest BCUT2D eigenvalue weighted by molar-refractivity contribution is 9.10. The summed E-state index contributed by atoms with van der Waals surface area (Å²) in [6, 6.07) is 11.7. The van der Waals surface area contributed by atoms with Crippen molar-refractivity contribution in [1.29, 1.82) is 0 Å². The van der Waals surface area contributed by atoms with E-state index in [1.807, 2.05) is 35.2 Å². The number of benzene rings is 1. The Hall–Kier alpha value is -2.15. The van der Waals surface area contributed by atoms with Crippen LogP contribution >= 0.6 is 15.9 Å². The number of carbonyl (C=O) groups is 1. The maximum absolute atomic E-state index is 12.6. The molecule has 0 atom stereocenters. The first-order chi connectivity index (χ1) is 12.7. The molecule has 0 saturated carbocycles. The van der Waals surface area contributed by atoms with E-state index in [4.69, 9.17) is 0 Å². The SMILES string of the molecule is O=C(c1cccc(Br)c1)N1CCN(c2ccc(N3CCCC3)nn2)CC1. The smallest absolute Gasteiger partial charge is 0.254 e. The highest BCUT2D eigenvalue weighted by atomic mass is 79.9. The Morgan fingerprint density at radius 1 is 0.846 bits per heavy atom. The molecular weight excluding hydrogens is 394 g/mol. The molecule has 2 aliphatic rings. The molecule has 0 bridgehead atoms. The number of carbonyl (C=O) groups excluding carboxylic acids is 1. The first-order valence-corrected chi connectivity index (χ1v) is 9.88. The van der Waals surface area contributed by atoms with Crippen molar-refractivity contribution in [1.82, 2.24) is 15.1 Å². The summed E-state index contributed by atoms with van der Waals surface area (Å²) >= 11 is 3.43. The molecule has 7 heteroatoms. The molecule has 1 amide bonds. The summed E-state index contributed by atoms with van der Waals surface area (Å²) in [5, 5.41) is 8.81. The molecule has 2 saturated heterocycles.